The summed E-state index contributed by atoms with van der Waals surface area (Å²) in [6.07, 6.45) is 4.87. The number of benzene rings is 3. The maximum Gasteiger partial charge on any atom is 0.230 e. The van der Waals surface area contributed by atoms with Crippen LogP contribution in [-0.4, -0.2) is 35.1 Å². The highest BCUT2D eigenvalue weighted by Crippen LogP contribution is 2.59. The number of aromatic amines is 1. The van der Waals surface area contributed by atoms with E-state index in [1.165, 1.54) is 17.7 Å². The Morgan fingerprint density at radius 2 is 1.92 bits per heavy atom. The SMILES string of the molecule is Cc1cc(F)ccc1NC(=O)[C@]1(C)C[C@H]1c1ccc2c(/C=C/c3ccc(CN(C)C)cc3)n[nH]c2c1. The van der Waals surface area contributed by atoms with E-state index in [2.05, 4.69) is 83.0 Å². The number of amides is 1. The Hall–Kier alpha value is -3.77. The Morgan fingerprint density at radius 1 is 1.14 bits per heavy atom. The first-order valence-corrected chi connectivity index (χ1v) is 12.2. The van der Waals surface area contributed by atoms with E-state index >= 15 is 0 Å². The lowest BCUT2D eigenvalue weighted by atomic mass is 9.98. The van der Waals surface area contributed by atoms with Gasteiger partial charge in [0.2, 0.25) is 5.91 Å². The molecule has 2 atom stereocenters. The van der Waals surface area contributed by atoms with E-state index in [-0.39, 0.29) is 17.6 Å². The maximum absolute atomic E-state index is 13.4. The number of carbonyl (C=O) groups is 1. The average Bonchev–Trinajstić information content (AvgIpc) is 3.38. The molecule has 1 fully saturated rings. The summed E-state index contributed by atoms with van der Waals surface area (Å²) in [7, 11) is 4.13. The second kappa shape index (κ2) is 9.36. The fraction of sp³-hybridized carbons (Fsp3) is 0.267. The van der Waals surface area contributed by atoms with E-state index in [0.29, 0.717) is 11.3 Å². The topological polar surface area (TPSA) is 61.0 Å². The van der Waals surface area contributed by atoms with Gasteiger partial charge in [0.15, 0.2) is 0 Å². The van der Waals surface area contributed by atoms with Crippen LogP contribution in [0.15, 0.2) is 60.7 Å². The number of fused-ring (bicyclic) bond motifs is 1. The highest BCUT2D eigenvalue weighted by molar-refractivity contribution is 5.99. The lowest BCUT2D eigenvalue weighted by Crippen LogP contribution is -2.23. The summed E-state index contributed by atoms with van der Waals surface area (Å²) in [6.45, 7) is 4.70. The van der Waals surface area contributed by atoms with Crippen LogP contribution in [0.5, 0.6) is 0 Å². The number of aryl methyl sites for hydroxylation is 1. The van der Waals surface area contributed by atoms with Gasteiger partial charge < -0.3 is 10.2 Å². The molecule has 1 aromatic heterocycles. The van der Waals surface area contributed by atoms with Gasteiger partial charge in [-0.15, -0.1) is 0 Å². The van der Waals surface area contributed by atoms with Crippen molar-refractivity contribution in [1.82, 2.24) is 15.1 Å². The third kappa shape index (κ3) is 4.82. The lowest BCUT2D eigenvalue weighted by Gasteiger charge is -2.14. The molecule has 4 aromatic rings. The number of nitrogens with one attached hydrogen (secondary N) is 2. The van der Waals surface area contributed by atoms with Crippen LogP contribution in [0.1, 0.15) is 47.2 Å². The van der Waals surface area contributed by atoms with Crippen molar-refractivity contribution >= 4 is 34.6 Å². The molecule has 5 rings (SSSR count). The Kier molecular flexibility index (Phi) is 6.22. The summed E-state index contributed by atoms with van der Waals surface area (Å²) in [5.74, 6) is -0.209. The largest absolute Gasteiger partial charge is 0.325 e. The van der Waals surface area contributed by atoms with E-state index in [1.54, 1.807) is 13.0 Å². The highest BCUT2D eigenvalue weighted by atomic mass is 19.1. The first-order chi connectivity index (χ1) is 17.2. The molecule has 184 valence electrons. The number of hydrogen-bond acceptors (Lipinski definition) is 3. The van der Waals surface area contributed by atoms with Crippen molar-refractivity contribution in [2.24, 2.45) is 5.41 Å². The molecule has 0 unspecified atom stereocenters. The van der Waals surface area contributed by atoms with E-state index in [9.17, 15) is 9.18 Å². The summed E-state index contributed by atoms with van der Waals surface area (Å²) in [6, 6.07) is 19.2. The van der Waals surface area contributed by atoms with Crippen molar-refractivity contribution in [2.75, 3.05) is 19.4 Å². The van der Waals surface area contributed by atoms with Crippen LogP contribution in [0.25, 0.3) is 23.1 Å². The van der Waals surface area contributed by atoms with Crippen molar-refractivity contribution in [3.8, 4) is 0 Å². The molecule has 36 heavy (non-hydrogen) atoms. The number of nitrogens with zero attached hydrogens (tertiary/aromatic N) is 2. The number of rotatable bonds is 7. The third-order valence-electron chi connectivity index (χ3n) is 7.12. The third-order valence-corrected chi connectivity index (χ3v) is 7.12. The summed E-state index contributed by atoms with van der Waals surface area (Å²) >= 11 is 0. The van der Waals surface area contributed by atoms with Crippen molar-refractivity contribution in [3.63, 3.8) is 0 Å². The molecule has 2 N–H and O–H groups in total. The van der Waals surface area contributed by atoms with Crippen LogP contribution >= 0.6 is 0 Å². The fourth-order valence-corrected chi connectivity index (χ4v) is 4.81. The number of aromatic nitrogens is 2. The molecule has 1 aliphatic carbocycles. The molecule has 0 aliphatic heterocycles. The monoisotopic (exact) mass is 482 g/mol. The second-order valence-electron chi connectivity index (χ2n) is 10.3. The van der Waals surface area contributed by atoms with Gasteiger partial charge in [0.05, 0.1) is 16.6 Å². The van der Waals surface area contributed by atoms with Gasteiger partial charge in [0.1, 0.15) is 5.82 Å². The quantitative estimate of drug-likeness (QED) is 0.322. The lowest BCUT2D eigenvalue weighted by molar-refractivity contribution is -0.120. The fourth-order valence-electron chi connectivity index (χ4n) is 4.81. The van der Waals surface area contributed by atoms with Crippen molar-refractivity contribution in [3.05, 3.63) is 94.4 Å². The molecule has 5 nitrogen and oxygen atoms in total. The molecule has 1 heterocycles. The van der Waals surface area contributed by atoms with Gasteiger partial charge in [-0.2, -0.15) is 5.10 Å². The molecule has 1 amide bonds. The standard InChI is InChI=1S/C30H31FN4O/c1-19-15-23(31)11-14-26(19)32-29(36)30(2)17-25(30)22-10-12-24-27(33-34-28(24)16-22)13-9-20-5-7-21(8-6-20)18-35(3)4/h5-16,25H,17-18H2,1-4H3,(H,32,36)(H,33,34)/b13-9+/t25-,30+/m0/s1. The molecular weight excluding hydrogens is 451 g/mol. The first-order valence-electron chi connectivity index (χ1n) is 12.2. The molecule has 6 heteroatoms. The summed E-state index contributed by atoms with van der Waals surface area (Å²) in [4.78, 5) is 15.2. The summed E-state index contributed by atoms with van der Waals surface area (Å²) < 4.78 is 13.4. The minimum atomic E-state index is -0.490. The predicted molar refractivity (Wildman–Crippen MR) is 144 cm³/mol. The average molecular weight is 483 g/mol. The maximum atomic E-state index is 13.4. The van der Waals surface area contributed by atoms with Gasteiger partial charge in [-0.1, -0.05) is 49.4 Å². The highest BCUT2D eigenvalue weighted by Gasteiger charge is 2.56. The Bertz CT molecular complexity index is 1450. The number of H-pyrrole nitrogens is 1. The Labute approximate surface area is 211 Å². The van der Waals surface area contributed by atoms with Crippen LogP contribution < -0.4 is 5.32 Å². The summed E-state index contributed by atoms with van der Waals surface area (Å²) in [5.41, 5.74) is 6.25. The molecule has 0 saturated heterocycles. The van der Waals surface area contributed by atoms with Gasteiger partial charge in [0.25, 0.3) is 0 Å². The van der Waals surface area contributed by atoms with Gasteiger partial charge in [-0.25, -0.2) is 4.39 Å². The van der Waals surface area contributed by atoms with Gasteiger partial charge in [-0.3, -0.25) is 9.89 Å². The second-order valence-corrected chi connectivity index (χ2v) is 10.3. The Morgan fingerprint density at radius 3 is 2.64 bits per heavy atom. The predicted octanol–water partition coefficient (Wildman–Crippen LogP) is 6.37. The summed E-state index contributed by atoms with van der Waals surface area (Å²) in [5, 5.41) is 11.7. The van der Waals surface area contributed by atoms with Crippen LogP contribution in [0, 0.1) is 18.2 Å². The minimum Gasteiger partial charge on any atom is -0.325 e. The molecule has 1 saturated carbocycles. The molecule has 0 radical (unpaired) electrons. The molecule has 0 spiro atoms. The number of hydrogen-bond donors (Lipinski definition) is 2. The molecule has 0 bridgehead atoms. The smallest absolute Gasteiger partial charge is 0.230 e. The van der Waals surface area contributed by atoms with E-state index in [1.807, 2.05) is 13.0 Å². The van der Waals surface area contributed by atoms with E-state index in [0.717, 1.165) is 40.7 Å². The normalized spacial score (nSPS) is 19.3. The zero-order valence-electron chi connectivity index (χ0n) is 21.1. The number of halogens is 1. The van der Waals surface area contributed by atoms with E-state index < -0.39 is 5.41 Å². The van der Waals surface area contributed by atoms with Crippen LogP contribution in [0.4, 0.5) is 10.1 Å². The van der Waals surface area contributed by atoms with Crippen LogP contribution in [-0.2, 0) is 11.3 Å². The van der Waals surface area contributed by atoms with Gasteiger partial charge in [0, 0.05) is 17.6 Å². The molecule has 3 aromatic carbocycles. The van der Waals surface area contributed by atoms with Gasteiger partial charge >= 0.3 is 0 Å². The minimum absolute atomic E-state index is 0.0351. The van der Waals surface area contributed by atoms with Crippen molar-refractivity contribution < 1.29 is 9.18 Å². The Balaban J connectivity index is 1.28. The molecule has 1 aliphatic rings. The van der Waals surface area contributed by atoms with E-state index in [4.69, 9.17) is 0 Å². The molecular formula is C30H31FN4O. The zero-order valence-corrected chi connectivity index (χ0v) is 21.1. The van der Waals surface area contributed by atoms with Gasteiger partial charge in [-0.05, 0) is 86.0 Å². The van der Waals surface area contributed by atoms with Crippen molar-refractivity contribution in [1.29, 1.82) is 0 Å². The van der Waals surface area contributed by atoms with Crippen molar-refractivity contribution in [2.45, 2.75) is 32.7 Å². The first kappa shape index (κ1) is 23.9. The van der Waals surface area contributed by atoms with Crippen LogP contribution in [0.3, 0.4) is 0 Å². The number of carbonyl (C=O) groups excluding carboxylic acids is 1. The van der Waals surface area contributed by atoms with Crippen LogP contribution in [0.2, 0.25) is 0 Å². The number of anilines is 1. The zero-order chi connectivity index (χ0) is 25.4.